The number of H-pyrrole nitrogens is 1. The molecule has 0 atom stereocenters. The number of nitrogens with one attached hydrogen (secondary N) is 2. The molecule has 0 bridgehead atoms. The molecule has 2 N–H and O–H groups in total. The predicted molar refractivity (Wildman–Crippen MR) is 109 cm³/mol. The van der Waals surface area contributed by atoms with Crippen molar-refractivity contribution < 1.29 is 4.79 Å². The molecule has 0 aliphatic heterocycles. The molecule has 7 heteroatoms. The molecule has 4 aromatic rings. The summed E-state index contributed by atoms with van der Waals surface area (Å²) in [6.45, 7) is 2.14. The van der Waals surface area contributed by atoms with Crippen LogP contribution in [0.1, 0.15) is 28.7 Å². The number of pyridine rings is 2. The summed E-state index contributed by atoms with van der Waals surface area (Å²) in [5, 5.41) is 12.5. The van der Waals surface area contributed by atoms with Crippen LogP contribution in [0.2, 0.25) is 0 Å². The Bertz CT molecular complexity index is 1310. The number of nitrogens with zero attached hydrogens (tertiary/aromatic N) is 3. The lowest BCUT2D eigenvalue weighted by Crippen LogP contribution is -2.26. The zero-order valence-corrected chi connectivity index (χ0v) is 15.9. The summed E-state index contributed by atoms with van der Waals surface area (Å²) in [5.41, 5.74) is 4.22. The van der Waals surface area contributed by atoms with Crippen molar-refractivity contribution in [1.29, 1.82) is 5.26 Å². The number of rotatable bonds is 5. The lowest BCUT2D eigenvalue weighted by atomic mass is 10.0. The van der Waals surface area contributed by atoms with Crippen molar-refractivity contribution >= 4 is 22.6 Å². The average Bonchev–Trinajstić information content (AvgIpc) is 3.12. The molecule has 0 aliphatic rings. The number of fused-ring (bicyclic) bond motifs is 3. The number of amides is 1. The molecule has 3 aromatic heterocycles. The summed E-state index contributed by atoms with van der Waals surface area (Å²) in [4.78, 5) is 32.6. The Balaban J connectivity index is 1.63. The molecule has 1 aromatic carbocycles. The van der Waals surface area contributed by atoms with Crippen LogP contribution in [-0.2, 0) is 17.8 Å². The topological polar surface area (TPSA) is 103 Å². The first-order chi connectivity index (χ1) is 14.1. The van der Waals surface area contributed by atoms with Crippen LogP contribution < -0.4 is 10.9 Å². The highest BCUT2D eigenvalue weighted by Gasteiger charge is 2.19. The van der Waals surface area contributed by atoms with E-state index >= 15 is 0 Å². The van der Waals surface area contributed by atoms with Crippen molar-refractivity contribution in [2.75, 3.05) is 0 Å². The largest absolute Gasteiger partial charge is 0.352 e. The van der Waals surface area contributed by atoms with Crippen molar-refractivity contribution in [3.05, 3.63) is 81.4 Å². The van der Waals surface area contributed by atoms with Crippen LogP contribution in [0.3, 0.4) is 0 Å². The number of hydrogen-bond acceptors (Lipinski definition) is 4. The van der Waals surface area contributed by atoms with Gasteiger partial charge >= 0.3 is 0 Å². The van der Waals surface area contributed by atoms with Gasteiger partial charge in [-0.1, -0.05) is 18.2 Å². The van der Waals surface area contributed by atoms with E-state index in [1.807, 2.05) is 36.4 Å². The summed E-state index contributed by atoms with van der Waals surface area (Å²) >= 11 is 0. The summed E-state index contributed by atoms with van der Waals surface area (Å²) in [6.07, 6.45) is 3.80. The lowest BCUT2D eigenvalue weighted by molar-refractivity contribution is -0.121. The predicted octanol–water partition coefficient (Wildman–Crippen LogP) is 2.60. The highest BCUT2D eigenvalue weighted by molar-refractivity contribution is 5.83. The quantitative estimate of drug-likeness (QED) is 0.551. The zero-order chi connectivity index (χ0) is 20.4. The molecule has 29 heavy (non-hydrogen) atoms. The Labute approximate surface area is 166 Å². The van der Waals surface area contributed by atoms with E-state index in [4.69, 9.17) is 0 Å². The molecule has 0 spiro atoms. The standard InChI is InChI=1S/C22H19N5O2/c1-14-16(8-9-20(28)25-13-15-5-4-10-24-12-15)22(29)27-19-7-3-2-6-18(19)26-21(27)17(14)11-23/h2-7,10,12,26H,8-9,13H2,1H3,(H,25,28). The average molecular weight is 385 g/mol. The number of carbonyl (C=O) groups excluding carboxylic acids is 1. The number of benzene rings is 1. The van der Waals surface area contributed by atoms with Crippen LogP contribution in [0.5, 0.6) is 0 Å². The third-order valence-corrected chi connectivity index (χ3v) is 5.07. The van der Waals surface area contributed by atoms with Gasteiger partial charge in [-0.05, 0) is 42.7 Å². The Hall–Kier alpha value is -3.92. The molecule has 144 valence electrons. The van der Waals surface area contributed by atoms with Crippen molar-refractivity contribution in [3.63, 3.8) is 0 Å². The van der Waals surface area contributed by atoms with Gasteiger partial charge in [-0.15, -0.1) is 0 Å². The van der Waals surface area contributed by atoms with E-state index in [1.165, 1.54) is 4.40 Å². The Morgan fingerprint density at radius 3 is 2.86 bits per heavy atom. The first-order valence-electron chi connectivity index (χ1n) is 9.30. The molecule has 4 rings (SSSR count). The second-order valence-electron chi connectivity index (χ2n) is 6.86. The number of aromatic amines is 1. The van der Waals surface area contributed by atoms with Crippen LogP contribution >= 0.6 is 0 Å². The van der Waals surface area contributed by atoms with Crippen molar-refractivity contribution in [2.45, 2.75) is 26.3 Å². The fourth-order valence-corrected chi connectivity index (χ4v) is 3.55. The van der Waals surface area contributed by atoms with Crippen molar-refractivity contribution in [3.8, 4) is 6.07 Å². The fraction of sp³-hybridized carbons (Fsp3) is 0.182. The van der Waals surface area contributed by atoms with E-state index in [0.29, 0.717) is 34.4 Å². The van der Waals surface area contributed by atoms with Gasteiger partial charge in [0.25, 0.3) is 5.56 Å². The van der Waals surface area contributed by atoms with E-state index < -0.39 is 0 Å². The third kappa shape index (κ3) is 3.36. The van der Waals surface area contributed by atoms with Crippen molar-refractivity contribution in [1.82, 2.24) is 19.7 Å². The van der Waals surface area contributed by atoms with Gasteiger partial charge in [-0.2, -0.15) is 5.26 Å². The summed E-state index contributed by atoms with van der Waals surface area (Å²) in [5.74, 6) is -0.157. The van der Waals surface area contributed by atoms with Crippen LogP contribution in [0.4, 0.5) is 0 Å². The smallest absolute Gasteiger partial charge is 0.260 e. The molecule has 3 heterocycles. The molecule has 0 radical (unpaired) electrons. The van der Waals surface area contributed by atoms with Crippen LogP contribution in [0.15, 0.2) is 53.6 Å². The monoisotopic (exact) mass is 385 g/mol. The summed E-state index contributed by atoms with van der Waals surface area (Å²) < 4.78 is 1.53. The minimum Gasteiger partial charge on any atom is -0.352 e. The molecule has 0 aliphatic carbocycles. The number of aromatic nitrogens is 3. The third-order valence-electron chi connectivity index (χ3n) is 5.07. The van der Waals surface area contributed by atoms with Crippen LogP contribution in [0, 0.1) is 18.3 Å². The number of nitriles is 1. The highest BCUT2D eigenvalue weighted by atomic mass is 16.1. The second kappa shape index (κ2) is 7.60. The van der Waals surface area contributed by atoms with E-state index in [9.17, 15) is 14.9 Å². The van der Waals surface area contributed by atoms with E-state index in [2.05, 4.69) is 21.4 Å². The fourth-order valence-electron chi connectivity index (χ4n) is 3.55. The maximum absolute atomic E-state index is 13.2. The van der Waals surface area contributed by atoms with E-state index in [-0.39, 0.29) is 24.3 Å². The Morgan fingerprint density at radius 2 is 2.10 bits per heavy atom. The molecule has 1 amide bonds. The molecular formula is C22H19N5O2. The maximum atomic E-state index is 13.2. The van der Waals surface area contributed by atoms with Crippen LogP contribution in [0.25, 0.3) is 16.7 Å². The van der Waals surface area contributed by atoms with Crippen molar-refractivity contribution in [2.24, 2.45) is 0 Å². The van der Waals surface area contributed by atoms with Gasteiger partial charge in [0.2, 0.25) is 5.91 Å². The Kier molecular flexibility index (Phi) is 4.83. The SMILES string of the molecule is Cc1c(CCC(=O)NCc2cccnc2)c(=O)n2c([nH]c3ccccc32)c1C#N. The van der Waals surface area contributed by atoms with Gasteiger partial charge < -0.3 is 10.3 Å². The Morgan fingerprint density at radius 1 is 1.28 bits per heavy atom. The lowest BCUT2D eigenvalue weighted by Gasteiger charge is -2.09. The van der Waals surface area contributed by atoms with Gasteiger partial charge in [-0.3, -0.25) is 19.0 Å². The minimum atomic E-state index is -0.200. The summed E-state index contributed by atoms with van der Waals surface area (Å²) in [7, 11) is 0. The first kappa shape index (κ1) is 18.4. The van der Waals surface area contributed by atoms with Gasteiger partial charge in [0.1, 0.15) is 11.7 Å². The number of imidazole rings is 1. The molecule has 0 saturated heterocycles. The molecule has 0 saturated carbocycles. The molecular weight excluding hydrogens is 366 g/mol. The number of carbonyl (C=O) groups is 1. The molecule has 7 nitrogen and oxygen atoms in total. The van der Waals surface area contributed by atoms with Gasteiger partial charge in [0.15, 0.2) is 0 Å². The van der Waals surface area contributed by atoms with Gasteiger partial charge in [0, 0.05) is 30.9 Å². The number of para-hydroxylation sites is 2. The van der Waals surface area contributed by atoms with Crippen LogP contribution in [-0.4, -0.2) is 20.3 Å². The molecule has 0 unspecified atom stereocenters. The highest BCUT2D eigenvalue weighted by Crippen LogP contribution is 2.21. The molecule has 0 fully saturated rings. The minimum absolute atomic E-state index is 0.157. The second-order valence-corrected chi connectivity index (χ2v) is 6.86. The number of hydrogen-bond donors (Lipinski definition) is 2. The van der Waals surface area contributed by atoms with E-state index in [0.717, 1.165) is 11.1 Å². The normalized spacial score (nSPS) is 10.9. The van der Waals surface area contributed by atoms with Gasteiger partial charge in [-0.25, -0.2) is 0 Å². The maximum Gasteiger partial charge on any atom is 0.260 e. The van der Waals surface area contributed by atoms with E-state index in [1.54, 1.807) is 19.3 Å². The first-order valence-corrected chi connectivity index (χ1v) is 9.30. The zero-order valence-electron chi connectivity index (χ0n) is 15.9. The van der Waals surface area contributed by atoms with Gasteiger partial charge in [0.05, 0.1) is 16.6 Å². The summed E-state index contributed by atoms with van der Waals surface area (Å²) in [6, 6.07) is 13.3.